The molecule has 1 fully saturated rings. The molecule has 2 aliphatic carbocycles. The zero-order chi connectivity index (χ0) is 109. The lowest BCUT2D eigenvalue weighted by Gasteiger charge is -2.32. The number of aromatic hydroxyl groups is 2. The minimum atomic E-state index is -0.515. The number of ether oxygens (including phenoxy) is 1. The van der Waals surface area contributed by atoms with Crippen LogP contribution in [0.25, 0.3) is 6.08 Å². The average Bonchev–Trinajstić information content (AvgIpc) is 1.75. The van der Waals surface area contributed by atoms with Gasteiger partial charge in [-0.2, -0.15) is 0 Å². The Morgan fingerprint density at radius 1 is 0.490 bits per heavy atom. The van der Waals surface area contributed by atoms with Crippen molar-refractivity contribution in [3.63, 3.8) is 0 Å². The van der Waals surface area contributed by atoms with Gasteiger partial charge in [-0.05, 0) is 384 Å². The number of benzene rings is 4. The second kappa shape index (κ2) is 58.7. The lowest BCUT2D eigenvalue weighted by Crippen LogP contribution is -2.26. The molecule has 1 saturated carbocycles. The highest BCUT2D eigenvalue weighted by Gasteiger charge is 2.27. The number of anilines is 2. The highest BCUT2D eigenvalue weighted by atomic mass is 35.5. The van der Waals surface area contributed by atoms with Crippen LogP contribution in [0.15, 0.2) is 342 Å². The molecule has 0 aromatic heterocycles. The van der Waals surface area contributed by atoms with Gasteiger partial charge in [-0.3, -0.25) is 48.8 Å². The number of hydrogen-bond donors (Lipinski definition) is 5. The molecule has 15 rings (SSSR count). The summed E-state index contributed by atoms with van der Waals surface area (Å²) in [5, 5.41) is 44.9. The third-order valence-electron chi connectivity index (χ3n) is 25.5. The number of nitrogens with one attached hydrogen (secondary N) is 1. The molecule has 0 radical (unpaired) electrons. The molecule has 11 aromatic carbocycles. The number of hydrogen-bond acceptors (Lipinski definition) is 17. The third kappa shape index (κ3) is 37.9. The van der Waals surface area contributed by atoms with E-state index in [1.54, 1.807) is 157 Å². The van der Waals surface area contributed by atoms with Crippen LogP contribution in [0.3, 0.4) is 0 Å². The van der Waals surface area contributed by atoms with Crippen molar-refractivity contribution in [1.29, 1.82) is 0 Å². The normalized spacial score (nSPS) is 13.2. The van der Waals surface area contributed by atoms with E-state index >= 15 is 0 Å². The summed E-state index contributed by atoms with van der Waals surface area (Å²) < 4.78 is 5.35. The number of rotatable bonds is 16. The van der Waals surface area contributed by atoms with Gasteiger partial charge in [0.2, 0.25) is 16.3 Å². The standard InChI is InChI=1S/C20H20Cl2O2.C18H18O3.C16H20O2.C16H22O.C15H13NO2.C13H19NO.C11H14O2.C10H9NO.C8H8O/c1-13-4-3-5-16(12-20(13)24)17(10-14(2)23)8-6-15-7-9-18(21)19(22)11-15;1-11-5-7-15(8-6-11)18(20)21-17-14(4)10-12(2)9-13(3)16(17)19;1-9(2)12-5-6-13-11(4)16(18)15(17)7-10(3)14(13)8-12;1-11(2)6-7-14-8-9-16(17)13(5)10-15(14)12(3)4;1-11-7-8-13(9-10-14(11)17)16-15(18)12-5-3-2-4-6-12;1-10-8-11(2)14(15)13(9-10)12-6-4-3-5-7-12;1-7(2)9-5-4-8(3)11(13)10(12)6-9;1-8-6-7-9-4-2-3-5-10(9)11(8)12;1-7-5-3-2-4-6-8(7)9/h3-5,7,9,11-12,17H,6,8,10H2,1-2H3;5-10H,1-4H3;7,12H,1,5-6,8H2,2-4H3,(H,17,18);6,8-10,12H,7H2,1-5H3;2-10H,1H3,(H,16,18);8-9,12,15H,2-7H2,1H3;4-7H,1-3H3,(H,12,13);2-7,12H,1H2;2-6H,1H3/t;;12-;;;;;;/m..1....../s1. The van der Waals surface area contributed by atoms with Crippen LogP contribution < -0.4 is 53.1 Å². The van der Waals surface area contributed by atoms with Gasteiger partial charge in [-0.25, -0.2) is 14.9 Å². The predicted octanol–water partition coefficient (Wildman–Crippen LogP) is 28.1. The van der Waals surface area contributed by atoms with E-state index in [1.807, 2.05) is 177 Å². The number of esters is 1. The Bertz CT molecular complexity index is 7160. The SMILES string of the molecule is C=C(C)[C@@H]1CCc2c(C)c(O)c(=O)cc(C)c2C1.C=C1C=C(C)C=C(C2CCCCC2)N1O.C=C1C=Cc2ccccc2N1O.CC(=O)CC(CCc1ccc(Cl)c(Cl)c1)c1cccc(C)c(=O)c1.CC(C)=CCc1ccc(=O)c(C)cc1C(C)C.Cc1ccc(C(=O)Oc2c(C)cc(C)cc(C)c2=O)cc1.Cc1ccc(C(C)C)cc(=O)c1O.Cc1ccc(NC(=O)c2ccccc2)ccc1=O.Cc1cccccc1=O. The Labute approximate surface area is 876 Å². The van der Waals surface area contributed by atoms with Crippen molar-refractivity contribution in [2.24, 2.45) is 11.8 Å². The summed E-state index contributed by atoms with van der Waals surface area (Å²) in [6, 6.07) is 67.8. The number of para-hydroxylation sites is 1. The van der Waals surface area contributed by atoms with Crippen molar-refractivity contribution in [2.45, 2.75) is 233 Å². The maximum atomic E-state index is 12.3. The van der Waals surface area contributed by atoms with E-state index in [0.717, 1.165) is 116 Å². The molecule has 0 saturated heterocycles. The number of hydroxylamine groups is 3. The van der Waals surface area contributed by atoms with Gasteiger partial charge in [0.25, 0.3) is 5.91 Å². The van der Waals surface area contributed by atoms with E-state index in [-0.39, 0.29) is 72.9 Å². The van der Waals surface area contributed by atoms with Crippen molar-refractivity contribution < 1.29 is 39.7 Å². The number of nitrogens with zero attached hydrogens (tertiary/aromatic N) is 2. The van der Waals surface area contributed by atoms with Gasteiger partial charge in [-0.15, -0.1) is 0 Å². The van der Waals surface area contributed by atoms with Crippen LogP contribution in [0.1, 0.15) is 258 Å². The molecule has 20 heteroatoms. The monoisotopic (exact) mass is 2020 g/mol. The van der Waals surface area contributed by atoms with Gasteiger partial charge in [0, 0.05) is 40.4 Å². The molecule has 11 aromatic rings. The Morgan fingerprint density at radius 2 is 1.07 bits per heavy atom. The number of carbonyl (C=O) groups excluding carboxylic acids is 3. The highest BCUT2D eigenvalue weighted by Crippen LogP contribution is 2.38. The molecule has 4 aliphatic rings. The smallest absolute Gasteiger partial charge is 0.343 e. The van der Waals surface area contributed by atoms with E-state index in [0.29, 0.717) is 96.2 Å². The topological polar surface area (TPSA) is 279 Å². The number of halogens is 2. The number of carbonyl (C=O) groups is 3. The van der Waals surface area contributed by atoms with Gasteiger partial charge in [0.15, 0.2) is 39.0 Å². The molecule has 147 heavy (non-hydrogen) atoms. The number of fused-ring (bicyclic) bond motifs is 2. The summed E-state index contributed by atoms with van der Waals surface area (Å²) in [7, 11) is 0. The lowest BCUT2D eigenvalue weighted by molar-refractivity contribution is -0.117. The molecule has 0 bridgehead atoms. The highest BCUT2D eigenvalue weighted by molar-refractivity contribution is 6.42. The van der Waals surface area contributed by atoms with E-state index in [9.17, 15) is 68.6 Å². The molecule has 5 N–H and O–H groups in total. The molecule has 18 nitrogen and oxygen atoms in total. The van der Waals surface area contributed by atoms with Crippen LogP contribution >= 0.6 is 23.2 Å². The summed E-state index contributed by atoms with van der Waals surface area (Å²) in [4.78, 5) is 117. The number of aryl methyl sites for hydroxylation is 11. The molecular weight excluding hydrogens is 1880 g/mol. The zero-order valence-electron chi connectivity index (χ0n) is 88.7. The molecule has 1 unspecified atom stereocenters. The summed E-state index contributed by atoms with van der Waals surface area (Å²) >= 11 is 12.0. The Hall–Kier alpha value is -14.4. The molecule has 1 amide bonds. The van der Waals surface area contributed by atoms with E-state index in [2.05, 4.69) is 78.7 Å². The molecule has 770 valence electrons. The second-order valence-electron chi connectivity index (χ2n) is 38.7. The van der Waals surface area contributed by atoms with Crippen molar-refractivity contribution in [2.75, 3.05) is 10.4 Å². The Kier molecular flexibility index (Phi) is 47.7. The van der Waals surface area contributed by atoms with Gasteiger partial charge >= 0.3 is 5.97 Å². The van der Waals surface area contributed by atoms with Crippen molar-refractivity contribution in [3.05, 3.63) is 507 Å². The van der Waals surface area contributed by atoms with E-state index < -0.39 is 5.97 Å². The van der Waals surface area contributed by atoms with Crippen LogP contribution in [0.4, 0.5) is 11.4 Å². The fourth-order valence-electron chi connectivity index (χ4n) is 16.6. The first-order valence-electron chi connectivity index (χ1n) is 49.7. The number of ketones is 1. The van der Waals surface area contributed by atoms with E-state index in [4.69, 9.17) is 27.9 Å². The van der Waals surface area contributed by atoms with Gasteiger partial charge < -0.3 is 25.1 Å². The summed E-state index contributed by atoms with van der Waals surface area (Å²) in [6.07, 6.45) is 22.0. The predicted molar refractivity (Wildman–Crippen MR) is 605 cm³/mol. The van der Waals surface area contributed by atoms with Crippen LogP contribution in [-0.2, 0) is 30.5 Å². The minimum absolute atomic E-state index is 0.00177. The molecule has 0 spiro atoms. The van der Waals surface area contributed by atoms with E-state index in [1.165, 1.54) is 82.7 Å². The third-order valence-corrected chi connectivity index (χ3v) is 26.3. The van der Waals surface area contributed by atoms with Crippen LogP contribution in [0.5, 0.6) is 17.2 Å². The summed E-state index contributed by atoms with van der Waals surface area (Å²) in [5.74, 6) is 1.05. The maximum Gasteiger partial charge on any atom is 0.343 e. The van der Waals surface area contributed by atoms with Gasteiger partial charge in [0.05, 0.1) is 32.7 Å². The molecular formula is C127H143Cl2N3O15. The molecule has 2 atom stereocenters. The zero-order valence-corrected chi connectivity index (χ0v) is 90.3. The number of allylic oxidation sites excluding steroid dienone is 8. The Morgan fingerprint density at radius 3 is 1.72 bits per heavy atom. The fourth-order valence-corrected chi connectivity index (χ4v) is 16.9. The van der Waals surface area contributed by atoms with Crippen LogP contribution in [0.2, 0.25) is 10.0 Å². The molecule has 2 heterocycles. The largest absolute Gasteiger partial charge is 0.504 e. The minimum Gasteiger partial charge on any atom is -0.504 e. The number of amides is 1. The fraction of sp³-hybridized carbons (Fsp3) is 0.291. The van der Waals surface area contributed by atoms with Crippen molar-refractivity contribution >= 4 is 58.3 Å². The van der Waals surface area contributed by atoms with Crippen molar-refractivity contribution in [3.8, 4) is 17.2 Å². The average molecular weight is 2020 g/mol. The van der Waals surface area contributed by atoms with Crippen LogP contribution in [-0.4, -0.2) is 43.4 Å². The second-order valence-corrected chi connectivity index (χ2v) is 39.6. The quantitative estimate of drug-likeness (QED) is 0.0444. The maximum absolute atomic E-state index is 12.3. The Balaban J connectivity index is 0.000000226. The lowest BCUT2D eigenvalue weighted by atomic mass is 9.79. The van der Waals surface area contributed by atoms with Gasteiger partial charge in [-0.1, -0.05) is 264 Å². The van der Waals surface area contributed by atoms with Crippen LogP contribution in [0, 0.1) is 88.0 Å². The first kappa shape index (κ1) is 120. The van der Waals surface area contributed by atoms with Gasteiger partial charge in [0.1, 0.15) is 5.78 Å². The number of Topliss-reactive ketones (excluding diaryl/α,β-unsaturated/α-hetero) is 1. The first-order valence-corrected chi connectivity index (χ1v) is 50.4. The summed E-state index contributed by atoms with van der Waals surface area (Å²) in [5.41, 5.74) is 25.2. The summed E-state index contributed by atoms with van der Waals surface area (Å²) in [6.45, 7) is 49.9. The molecule has 2 aliphatic heterocycles. The van der Waals surface area contributed by atoms with Crippen molar-refractivity contribution in [1.82, 2.24) is 5.06 Å². The first-order chi connectivity index (χ1) is 69.5.